The Bertz CT molecular complexity index is 1040. The molecule has 1 aromatic heterocycles. The molecular formula is C19H12BrClF3NO. The maximum atomic E-state index is 14.5. The summed E-state index contributed by atoms with van der Waals surface area (Å²) in [5.41, 5.74) is -0.0819. The van der Waals surface area contributed by atoms with Crippen LogP contribution in [0, 0.1) is 17.5 Å². The Hall–Kier alpha value is -2.05. The molecule has 0 fully saturated rings. The molecule has 0 aliphatic rings. The molecule has 0 saturated heterocycles. The van der Waals surface area contributed by atoms with Gasteiger partial charge in [-0.2, -0.15) is 0 Å². The van der Waals surface area contributed by atoms with E-state index in [0.29, 0.717) is 28.3 Å². The predicted octanol–water partition coefficient (Wildman–Crippen LogP) is 6.04. The highest BCUT2D eigenvalue weighted by Gasteiger charge is 2.23. The Labute approximate surface area is 161 Å². The van der Waals surface area contributed by atoms with Crippen LogP contribution in [0.15, 0.2) is 51.7 Å². The van der Waals surface area contributed by atoms with E-state index < -0.39 is 28.6 Å². The molecule has 0 radical (unpaired) electrons. The van der Waals surface area contributed by atoms with Crippen molar-refractivity contribution in [2.45, 2.75) is 13.5 Å². The van der Waals surface area contributed by atoms with Crippen molar-refractivity contribution in [3.8, 4) is 22.4 Å². The van der Waals surface area contributed by atoms with Crippen molar-refractivity contribution in [2.75, 3.05) is 0 Å². The minimum Gasteiger partial charge on any atom is -0.307 e. The first-order valence-corrected chi connectivity index (χ1v) is 8.85. The van der Waals surface area contributed by atoms with E-state index in [-0.39, 0.29) is 16.7 Å². The second-order valence-electron chi connectivity index (χ2n) is 5.53. The minimum absolute atomic E-state index is 0.00352. The van der Waals surface area contributed by atoms with Gasteiger partial charge in [0.1, 0.15) is 17.5 Å². The van der Waals surface area contributed by atoms with Gasteiger partial charge >= 0.3 is 0 Å². The first kappa shape index (κ1) is 18.7. The molecule has 1 heterocycles. The van der Waals surface area contributed by atoms with E-state index in [1.165, 1.54) is 10.6 Å². The highest BCUT2D eigenvalue weighted by Crippen LogP contribution is 2.38. The highest BCUT2D eigenvalue weighted by atomic mass is 79.9. The quantitative estimate of drug-likeness (QED) is 0.485. The number of benzene rings is 2. The molecule has 134 valence electrons. The maximum absolute atomic E-state index is 14.5. The molecular weight excluding hydrogens is 431 g/mol. The van der Waals surface area contributed by atoms with Gasteiger partial charge in [-0.25, -0.2) is 13.2 Å². The molecule has 0 aliphatic heterocycles. The van der Waals surface area contributed by atoms with Crippen LogP contribution in [-0.2, 0) is 6.54 Å². The third-order valence-corrected chi connectivity index (χ3v) is 4.87. The Morgan fingerprint density at radius 2 is 1.65 bits per heavy atom. The van der Waals surface area contributed by atoms with E-state index in [4.69, 9.17) is 11.6 Å². The Morgan fingerprint density at radius 1 is 1.04 bits per heavy atom. The molecule has 0 aliphatic carbocycles. The summed E-state index contributed by atoms with van der Waals surface area (Å²) in [6.45, 7) is 1.83. The monoisotopic (exact) mass is 441 g/mol. The fourth-order valence-electron chi connectivity index (χ4n) is 2.86. The summed E-state index contributed by atoms with van der Waals surface area (Å²) >= 11 is 9.45. The Morgan fingerprint density at radius 3 is 2.23 bits per heavy atom. The zero-order valence-electron chi connectivity index (χ0n) is 13.5. The van der Waals surface area contributed by atoms with Gasteiger partial charge < -0.3 is 4.57 Å². The number of aromatic nitrogens is 1. The van der Waals surface area contributed by atoms with Crippen LogP contribution in [0.25, 0.3) is 22.4 Å². The lowest BCUT2D eigenvalue weighted by atomic mass is 9.97. The average molecular weight is 443 g/mol. The maximum Gasteiger partial charge on any atom is 0.265 e. The van der Waals surface area contributed by atoms with Gasteiger partial charge in [0.2, 0.25) is 0 Å². The van der Waals surface area contributed by atoms with E-state index in [1.807, 2.05) is 0 Å². The van der Waals surface area contributed by atoms with Crippen LogP contribution in [-0.4, -0.2) is 4.57 Å². The number of hydrogen-bond acceptors (Lipinski definition) is 1. The SMILES string of the molecule is CCn1c(-c2c(F)cc(F)cc2F)c(-c2ccccc2Cl)cc(Br)c1=O. The lowest BCUT2D eigenvalue weighted by Gasteiger charge is -2.19. The summed E-state index contributed by atoms with van der Waals surface area (Å²) in [6.07, 6.45) is 0. The minimum atomic E-state index is -1.10. The fourth-order valence-corrected chi connectivity index (χ4v) is 3.54. The van der Waals surface area contributed by atoms with Crippen molar-refractivity contribution in [3.63, 3.8) is 0 Å². The Kier molecular flexibility index (Phi) is 5.25. The highest BCUT2D eigenvalue weighted by molar-refractivity contribution is 9.10. The van der Waals surface area contributed by atoms with E-state index >= 15 is 0 Å². The molecule has 3 rings (SSSR count). The summed E-state index contributed by atoms with van der Waals surface area (Å²) in [5.74, 6) is -3.23. The third kappa shape index (κ3) is 3.19. The van der Waals surface area contributed by atoms with Gasteiger partial charge in [-0.05, 0) is 35.0 Å². The predicted molar refractivity (Wildman–Crippen MR) is 99.8 cm³/mol. The number of nitrogens with zero attached hydrogens (tertiary/aromatic N) is 1. The van der Waals surface area contributed by atoms with Crippen LogP contribution in [0.1, 0.15) is 6.92 Å². The van der Waals surface area contributed by atoms with Gasteiger partial charge in [0.15, 0.2) is 0 Å². The summed E-state index contributed by atoms with van der Waals surface area (Å²) in [4.78, 5) is 12.5. The smallest absolute Gasteiger partial charge is 0.265 e. The first-order chi connectivity index (χ1) is 12.3. The lowest BCUT2D eigenvalue weighted by molar-refractivity contribution is 0.545. The molecule has 0 bridgehead atoms. The molecule has 26 heavy (non-hydrogen) atoms. The number of halogens is 5. The molecule has 3 aromatic rings. The molecule has 0 atom stereocenters. The van der Waals surface area contributed by atoms with E-state index in [1.54, 1.807) is 31.2 Å². The van der Waals surface area contributed by atoms with Crippen LogP contribution in [0.2, 0.25) is 5.02 Å². The van der Waals surface area contributed by atoms with Crippen molar-refractivity contribution in [1.82, 2.24) is 4.57 Å². The van der Waals surface area contributed by atoms with Crippen molar-refractivity contribution in [3.05, 3.63) is 79.8 Å². The summed E-state index contributed by atoms with van der Waals surface area (Å²) < 4.78 is 43.8. The summed E-state index contributed by atoms with van der Waals surface area (Å²) in [7, 11) is 0. The topological polar surface area (TPSA) is 22.0 Å². The summed E-state index contributed by atoms with van der Waals surface area (Å²) in [6, 6.07) is 9.38. The molecule has 0 unspecified atom stereocenters. The number of hydrogen-bond donors (Lipinski definition) is 0. The molecule has 0 amide bonds. The average Bonchev–Trinajstić information content (AvgIpc) is 2.58. The van der Waals surface area contributed by atoms with Gasteiger partial charge in [-0.3, -0.25) is 4.79 Å². The van der Waals surface area contributed by atoms with Crippen LogP contribution in [0.5, 0.6) is 0 Å². The third-order valence-electron chi connectivity index (χ3n) is 3.97. The van der Waals surface area contributed by atoms with Crippen LogP contribution >= 0.6 is 27.5 Å². The summed E-state index contributed by atoms with van der Waals surface area (Å²) in [5, 5.41) is 0.352. The number of pyridine rings is 1. The largest absolute Gasteiger partial charge is 0.307 e. The van der Waals surface area contributed by atoms with Crippen molar-refractivity contribution in [1.29, 1.82) is 0 Å². The second kappa shape index (κ2) is 7.29. The molecule has 0 saturated carbocycles. The van der Waals surface area contributed by atoms with Crippen LogP contribution in [0.3, 0.4) is 0 Å². The normalized spacial score (nSPS) is 11.0. The van der Waals surface area contributed by atoms with Gasteiger partial charge in [0, 0.05) is 34.8 Å². The van der Waals surface area contributed by atoms with E-state index in [0.717, 1.165) is 0 Å². The standard InChI is InChI=1S/C19H12BrClF3NO/c1-2-25-18(17-15(23)7-10(22)8-16(17)24)12(9-13(20)19(25)26)11-5-3-4-6-14(11)21/h3-9H,2H2,1H3. The zero-order chi connectivity index (χ0) is 19.0. The molecule has 7 heteroatoms. The van der Waals surface area contributed by atoms with Crippen molar-refractivity contribution in [2.24, 2.45) is 0 Å². The van der Waals surface area contributed by atoms with Crippen LogP contribution < -0.4 is 5.56 Å². The number of rotatable bonds is 3. The fraction of sp³-hybridized carbons (Fsp3) is 0.105. The van der Waals surface area contributed by atoms with Crippen molar-refractivity contribution >= 4 is 27.5 Å². The van der Waals surface area contributed by atoms with E-state index in [2.05, 4.69) is 15.9 Å². The molecule has 2 aromatic carbocycles. The Balaban J connectivity index is 2.51. The molecule has 0 N–H and O–H groups in total. The van der Waals surface area contributed by atoms with Gasteiger partial charge in [0.25, 0.3) is 5.56 Å². The first-order valence-electron chi connectivity index (χ1n) is 7.68. The van der Waals surface area contributed by atoms with Crippen molar-refractivity contribution < 1.29 is 13.2 Å². The van der Waals surface area contributed by atoms with Gasteiger partial charge in [-0.15, -0.1) is 0 Å². The van der Waals surface area contributed by atoms with Crippen LogP contribution in [0.4, 0.5) is 13.2 Å². The zero-order valence-corrected chi connectivity index (χ0v) is 15.8. The lowest BCUT2D eigenvalue weighted by Crippen LogP contribution is -2.23. The molecule has 0 spiro atoms. The van der Waals surface area contributed by atoms with Gasteiger partial charge in [-0.1, -0.05) is 29.8 Å². The second-order valence-corrected chi connectivity index (χ2v) is 6.79. The molecule has 2 nitrogen and oxygen atoms in total. The van der Waals surface area contributed by atoms with Gasteiger partial charge in [0.05, 0.1) is 15.7 Å². The van der Waals surface area contributed by atoms with E-state index in [9.17, 15) is 18.0 Å².